The van der Waals surface area contributed by atoms with Gasteiger partial charge in [-0.15, -0.1) is 0 Å². The van der Waals surface area contributed by atoms with Crippen LogP contribution < -0.4 is 4.90 Å². The molecule has 0 aromatic heterocycles. The second-order valence-electron chi connectivity index (χ2n) is 3.86. The predicted molar refractivity (Wildman–Crippen MR) is 54.5 cm³/mol. The summed E-state index contributed by atoms with van der Waals surface area (Å²) in [4.78, 5) is 1.87. The molecule has 0 bridgehead atoms. The molecule has 0 saturated carbocycles. The number of halogens is 2. The third kappa shape index (κ3) is 2.37. The Morgan fingerprint density at radius 3 is 2.47 bits per heavy atom. The van der Waals surface area contributed by atoms with E-state index in [1.807, 2.05) is 11.0 Å². The summed E-state index contributed by atoms with van der Waals surface area (Å²) in [5.41, 5.74) is 0.811. The van der Waals surface area contributed by atoms with Gasteiger partial charge >= 0.3 is 0 Å². The highest BCUT2D eigenvalue weighted by atomic mass is 19.3. The molecule has 1 aromatic carbocycles. The van der Waals surface area contributed by atoms with Gasteiger partial charge in [0.2, 0.25) is 0 Å². The number of hydrogen-bond donors (Lipinski definition) is 1. The standard InChI is InChI=1S/C11H13F2NO/c12-11(13)4-6-14(7-5-11)9-2-1-3-10(15)8-9/h1-3,8,15H,4-7H2. The van der Waals surface area contributed by atoms with Gasteiger partial charge < -0.3 is 10.0 Å². The highest BCUT2D eigenvalue weighted by molar-refractivity contribution is 5.50. The van der Waals surface area contributed by atoms with Gasteiger partial charge in [0, 0.05) is 37.7 Å². The predicted octanol–water partition coefficient (Wildman–Crippen LogP) is 2.63. The third-order valence-electron chi connectivity index (χ3n) is 2.69. The second-order valence-corrected chi connectivity index (χ2v) is 3.86. The van der Waals surface area contributed by atoms with E-state index in [9.17, 15) is 13.9 Å². The number of phenolic OH excluding ortho intramolecular Hbond substituents is 1. The van der Waals surface area contributed by atoms with Gasteiger partial charge in [-0.3, -0.25) is 0 Å². The molecule has 1 aliphatic rings. The number of alkyl halides is 2. The largest absolute Gasteiger partial charge is 0.508 e. The first-order valence-electron chi connectivity index (χ1n) is 4.99. The van der Waals surface area contributed by atoms with E-state index in [1.165, 1.54) is 0 Å². The van der Waals surface area contributed by atoms with Gasteiger partial charge in [0.15, 0.2) is 0 Å². The van der Waals surface area contributed by atoms with Crippen LogP contribution in [0.3, 0.4) is 0 Å². The van der Waals surface area contributed by atoms with Crippen molar-refractivity contribution >= 4 is 5.69 Å². The molecular formula is C11H13F2NO. The van der Waals surface area contributed by atoms with E-state index in [0.29, 0.717) is 13.1 Å². The van der Waals surface area contributed by atoms with Crippen molar-refractivity contribution in [3.63, 3.8) is 0 Å². The maximum atomic E-state index is 12.9. The molecule has 0 radical (unpaired) electrons. The van der Waals surface area contributed by atoms with Crippen LogP contribution in [0, 0.1) is 0 Å². The lowest BCUT2D eigenvalue weighted by Gasteiger charge is -2.33. The number of piperidine rings is 1. The molecule has 82 valence electrons. The number of hydrogen-bond acceptors (Lipinski definition) is 2. The van der Waals surface area contributed by atoms with Crippen molar-refractivity contribution < 1.29 is 13.9 Å². The maximum absolute atomic E-state index is 12.9. The molecule has 0 amide bonds. The Bertz CT molecular complexity index is 344. The molecule has 4 heteroatoms. The average Bonchev–Trinajstić information content (AvgIpc) is 2.17. The summed E-state index contributed by atoms with van der Waals surface area (Å²) in [6.07, 6.45) is -0.217. The van der Waals surface area contributed by atoms with Gasteiger partial charge in [-0.1, -0.05) is 6.07 Å². The van der Waals surface area contributed by atoms with Crippen molar-refractivity contribution in [1.82, 2.24) is 0 Å². The lowest BCUT2D eigenvalue weighted by molar-refractivity contribution is -0.0220. The van der Waals surface area contributed by atoms with E-state index >= 15 is 0 Å². The van der Waals surface area contributed by atoms with Gasteiger partial charge in [0.25, 0.3) is 5.92 Å². The van der Waals surface area contributed by atoms with Gasteiger partial charge in [0.05, 0.1) is 0 Å². The summed E-state index contributed by atoms with van der Waals surface area (Å²) in [6, 6.07) is 6.71. The Kier molecular flexibility index (Phi) is 2.50. The van der Waals surface area contributed by atoms with Crippen LogP contribution in [0.5, 0.6) is 5.75 Å². The maximum Gasteiger partial charge on any atom is 0.251 e. The Morgan fingerprint density at radius 2 is 1.87 bits per heavy atom. The highest BCUT2D eigenvalue weighted by Crippen LogP contribution is 2.31. The molecule has 0 unspecified atom stereocenters. The summed E-state index contributed by atoms with van der Waals surface area (Å²) in [7, 11) is 0. The van der Waals surface area contributed by atoms with E-state index in [-0.39, 0.29) is 18.6 Å². The zero-order valence-electron chi connectivity index (χ0n) is 8.29. The Hall–Kier alpha value is -1.32. The zero-order chi connectivity index (χ0) is 10.9. The van der Waals surface area contributed by atoms with Crippen molar-refractivity contribution in [3.8, 4) is 5.75 Å². The van der Waals surface area contributed by atoms with Crippen molar-refractivity contribution in [2.45, 2.75) is 18.8 Å². The number of anilines is 1. The van der Waals surface area contributed by atoms with Gasteiger partial charge in [0.1, 0.15) is 5.75 Å². The Labute approximate surface area is 87.1 Å². The van der Waals surface area contributed by atoms with Crippen LogP contribution in [0.1, 0.15) is 12.8 Å². The van der Waals surface area contributed by atoms with Crippen molar-refractivity contribution in [2.24, 2.45) is 0 Å². The van der Waals surface area contributed by atoms with Crippen LogP contribution >= 0.6 is 0 Å². The average molecular weight is 213 g/mol. The lowest BCUT2D eigenvalue weighted by Crippen LogP contribution is -2.39. The fraction of sp³-hybridized carbons (Fsp3) is 0.455. The summed E-state index contributed by atoms with van der Waals surface area (Å²) < 4.78 is 25.8. The van der Waals surface area contributed by atoms with Crippen LogP contribution in [0.2, 0.25) is 0 Å². The van der Waals surface area contributed by atoms with E-state index in [2.05, 4.69) is 0 Å². The molecule has 1 heterocycles. The summed E-state index contributed by atoms with van der Waals surface area (Å²) in [5, 5.41) is 9.27. The molecule has 1 saturated heterocycles. The van der Waals surface area contributed by atoms with E-state index < -0.39 is 5.92 Å². The molecule has 1 aromatic rings. The fourth-order valence-electron chi connectivity index (χ4n) is 1.78. The molecule has 0 aliphatic carbocycles. The monoisotopic (exact) mass is 213 g/mol. The molecule has 0 spiro atoms. The zero-order valence-corrected chi connectivity index (χ0v) is 8.29. The third-order valence-corrected chi connectivity index (χ3v) is 2.69. The number of aromatic hydroxyl groups is 1. The molecule has 2 rings (SSSR count). The minimum atomic E-state index is -2.52. The highest BCUT2D eigenvalue weighted by Gasteiger charge is 2.33. The molecule has 15 heavy (non-hydrogen) atoms. The second kappa shape index (κ2) is 3.68. The quantitative estimate of drug-likeness (QED) is 0.775. The summed E-state index contributed by atoms with van der Waals surface area (Å²) >= 11 is 0. The fourth-order valence-corrected chi connectivity index (χ4v) is 1.78. The van der Waals surface area contributed by atoms with Gasteiger partial charge in [-0.25, -0.2) is 8.78 Å². The van der Waals surface area contributed by atoms with E-state index in [0.717, 1.165) is 5.69 Å². The minimum absolute atomic E-state index is 0.108. The molecule has 1 aliphatic heterocycles. The minimum Gasteiger partial charge on any atom is -0.508 e. The van der Waals surface area contributed by atoms with Crippen LogP contribution in [0.4, 0.5) is 14.5 Å². The normalized spacial score (nSPS) is 20.3. The lowest BCUT2D eigenvalue weighted by atomic mass is 10.1. The van der Waals surface area contributed by atoms with Gasteiger partial charge in [-0.2, -0.15) is 0 Å². The van der Waals surface area contributed by atoms with Crippen molar-refractivity contribution in [3.05, 3.63) is 24.3 Å². The molecule has 2 nitrogen and oxygen atoms in total. The molecule has 0 atom stereocenters. The Morgan fingerprint density at radius 1 is 1.20 bits per heavy atom. The topological polar surface area (TPSA) is 23.5 Å². The summed E-state index contributed by atoms with van der Waals surface area (Å²) in [5.74, 6) is -2.35. The SMILES string of the molecule is Oc1cccc(N2CCC(F)(F)CC2)c1. The first kappa shape index (κ1) is 10.2. The van der Waals surface area contributed by atoms with Crippen LogP contribution in [-0.2, 0) is 0 Å². The van der Waals surface area contributed by atoms with Crippen molar-refractivity contribution in [1.29, 1.82) is 0 Å². The molecule has 1 fully saturated rings. The number of phenols is 1. The molecule has 1 N–H and O–H groups in total. The number of nitrogens with zero attached hydrogens (tertiary/aromatic N) is 1. The summed E-state index contributed by atoms with van der Waals surface area (Å²) in [6.45, 7) is 0.687. The molecular weight excluding hydrogens is 200 g/mol. The van der Waals surface area contributed by atoms with Crippen molar-refractivity contribution in [2.75, 3.05) is 18.0 Å². The first-order valence-corrected chi connectivity index (χ1v) is 4.99. The van der Waals surface area contributed by atoms with E-state index in [1.54, 1.807) is 18.2 Å². The number of rotatable bonds is 1. The first-order chi connectivity index (χ1) is 7.07. The van der Waals surface area contributed by atoms with Crippen LogP contribution in [0.15, 0.2) is 24.3 Å². The van der Waals surface area contributed by atoms with Crippen LogP contribution in [-0.4, -0.2) is 24.1 Å². The van der Waals surface area contributed by atoms with E-state index in [4.69, 9.17) is 0 Å². The smallest absolute Gasteiger partial charge is 0.251 e. The Balaban J connectivity index is 2.08. The number of benzene rings is 1. The van der Waals surface area contributed by atoms with Crippen LogP contribution in [0.25, 0.3) is 0 Å². The van der Waals surface area contributed by atoms with Gasteiger partial charge in [-0.05, 0) is 12.1 Å².